The zero-order valence-electron chi connectivity index (χ0n) is 17.4. The van der Waals surface area contributed by atoms with E-state index in [1.165, 1.54) is 0 Å². The first-order valence-electron chi connectivity index (χ1n) is 10.6. The zero-order valence-corrected chi connectivity index (χ0v) is 18.2. The molecule has 1 aliphatic heterocycles. The Labute approximate surface area is 186 Å². The topological polar surface area (TPSA) is 96.0 Å². The van der Waals surface area contributed by atoms with Crippen molar-refractivity contribution in [3.63, 3.8) is 0 Å². The summed E-state index contributed by atoms with van der Waals surface area (Å²) < 4.78 is 0. The number of thioether (sulfide) groups is 1. The van der Waals surface area contributed by atoms with Crippen molar-refractivity contribution >= 4 is 29.7 Å². The predicted molar refractivity (Wildman–Crippen MR) is 124 cm³/mol. The quantitative estimate of drug-likeness (QED) is 0.532. The molecule has 0 amide bonds. The first-order chi connectivity index (χ1) is 15.0. The van der Waals surface area contributed by atoms with Gasteiger partial charge in [-0.1, -0.05) is 48.5 Å². The van der Waals surface area contributed by atoms with E-state index in [1.54, 1.807) is 12.1 Å². The van der Waals surface area contributed by atoms with Crippen LogP contribution in [-0.2, 0) is 16.8 Å². The van der Waals surface area contributed by atoms with E-state index < -0.39 is 17.4 Å². The van der Waals surface area contributed by atoms with Crippen LogP contribution in [0.2, 0.25) is 0 Å². The van der Waals surface area contributed by atoms with Gasteiger partial charge in [0.25, 0.3) is 0 Å². The lowest BCUT2D eigenvalue weighted by molar-refractivity contribution is -0.138. The smallest absolute Gasteiger partial charge is 0.303 e. The number of carboxylic acid groups (broad SMARTS) is 1. The Kier molecular flexibility index (Phi) is 6.43. The standard InChI is InChI=1S/C24H27N3O3S/c25-24(20(15-22(28)29)10-9-18-3-1-2-4-21(18)24)23(30)19-7-5-17(6-8-19)16-26-27-11-13-31-14-12-27/h1-8,16,20H,9-15,25H2,(H,28,29). The Bertz CT molecular complexity index is 986. The molecule has 6 nitrogen and oxygen atoms in total. The Morgan fingerprint density at radius 2 is 1.87 bits per heavy atom. The normalized spacial score (nSPS) is 23.5. The fourth-order valence-electron chi connectivity index (χ4n) is 4.48. The van der Waals surface area contributed by atoms with Gasteiger partial charge in [-0.05, 0) is 35.4 Å². The lowest BCUT2D eigenvalue weighted by atomic mass is 9.65. The van der Waals surface area contributed by atoms with Crippen molar-refractivity contribution < 1.29 is 14.7 Å². The summed E-state index contributed by atoms with van der Waals surface area (Å²) >= 11 is 1.94. The third-order valence-corrected chi connectivity index (χ3v) is 7.14. The average Bonchev–Trinajstić information content (AvgIpc) is 2.80. The second-order valence-electron chi connectivity index (χ2n) is 8.12. The fourth-order valence-corrected chi connectivity index (χ4v) is 5.36. The zero-order chi connectivity index (χ0) is 21.8. The summed E-state index contributed by atoms with van der Waals surface area (Å²) in [5.74, 6) is 0.549. The first-order valence-corrected chi connectivity index (χ1v) is 11.7. The summed E-state index contributed by atoms with van der Waals surface area (Å²) in [4.78, 5) is 25.1. The van der Waals surface area contributed by atoms with E-state index in [0.29, 0.717) is 12.0 Å². The second-order valence-corrected chi connectivity index (χ2v) is 9.35. The number of carbonyl (C=O) groups excluding carboxylic acids is 1. The number of aryl methyl sites for hydroxylation is 1. The van der Waals surface area contributed by atoms with Crippen LogP contribution in [0.15, 0.2) is 53.6 Å². The minimum Gasteiger partial charge on any atom is -0.481 e. The molecule has 0 spiro atoms. The minimum absolute atomic E-state index is 0.130. The largest absolute Gasteiger partial charge is 0.481 e. The van der Waals surface area contributed by atoms with Gasteiger partial charge < -0.3 is 10.8 Å². The van der Waals surface area contributed by atoms with E-state index in [0.717, 1.165) is 47.7 Å². The van der Waals surface area contributed by atoms with Gasteiger partial charge >= 0.3 is 5.97 Å². The molecule has 0 radical (unpaired) electrons. The van der Waals surface area contributed by atoms with E-state index >= 15 is 0 Å². The van der Waals surface area contributed by atoms with Crippen LogP contribution in [0.4, 0.5) is 0 Å². The summed E-state index contributed by atoms with van der Waals surface area (Å²) in [5, 5.41) is 16.0. The maximum Gasteiger partial charge on any atom is 0.303 e. The number of carboxylic acids is 1. The van der Waals surface area contributed by atoms with Gasteiger partial charge in [0.2, 0.25) is 0 Å². The van der Waals surface area contributed by atoms with Crippen molar-refractivity contribution in [3.8, 4) is 0 Å². The van der Waals surface area contributed by atoms with Gasteiger partial charge in [-0.3, -0.25) is 14.6 Å². The van der Waals surface area contributed by atoms with Crippen molar-refractivity contribution in [2.45, 2.75) is 24.8 Å². The Balaban J connectivity index is 1.60. The van der Waals surface area contributed by atoms with Crippen LogP contribution < -0.4 is 5.73 Å². The van der Waals surface area contributed by atoms with Crippen LogP contribution in [-0.4, -0.2) is 52.7 Å². The molecule has 1 saturated heterocycles. The Morgan fingerprint density at radius 3 is 2.58 bits per heavy atom. The van der Waals surface area contributed by atoms with Gasteiger partial charge in [0.05, 0.1) is 12.6 Å². The van der Waals surface area contributed by atoms with Gasteiger partial charge in [0.1, 0.15) is 5.54 Å². The van der Waals surface area contributed by atoms with E-state index in [-0.39, 0.29) is 12.2 Å². The average molecular weight is 438 g/mol. The molecule has 0 bridgehead atoms. The molecule has 0 saturated carbocycles. The Morgan fingerprint density at radius 1 is 1.16 bits per heavy atom. The maximum atomic E-state index is 13.6. The number of aliphatic carboxylic acids is 1. The number of benzene rings is 2. The molecule has 1 heterocycles. The number of carbonyl (C=O) groups is 2. The van der Waals surface area contributed by atoms with Crippen LogP contribution >= 0.6 is 11.8 Å². The van der Waals surface area contributed by atoms with Crippen LogP contribution in [0.25, 0.3) is 0 Å². The molecule has 31 heavy (non-hydrogen) atoms. The predicted octanol–water partition coefficient (Wildman–Crippen LogP) is 3.14. The molecule has 2 aromatic carbocycles. The minimum atomic E-state index is -1.35. The monoisotopic (exact) mass is 437 g/mol. The molecular formula is C24H27N3O3S. The molecule has 7 heteroatoms. The van der Waals surface area contributed by atoms with E-state index in [1.807, 2.05) is 54.4 Å². The van der Waals surface area contributed by atoms with Crippen molar-refractivity contribution in [3.05, 3.63) is 70.8 Å². The number of nitrogens with zero attached hydrogens (tertiary/aromatic N) is 2. The van der Waals surface area contributed by atoms with Crippen molar-refractivity contribution in [1.29, 1.82) is 0 Å². The lowest BCUT2D eigenvalue weighted by Gasteiger charge is -2.41. The highest BCUT2D eigenvalue weighted by atomic mass is 32.2. The van der Waals surface area contributed by atoms with Crippen LogP contribution in [0, 0.1) is 5.92 Å². The van der Waals surface area contributed by atoms with Crippen LogP contribution in [0.5, 0.6) is 0 Å². The molecule has 0 aromatic heterocycles. The molecular weight excluding hydrogens is 410 g/mol. The summed E-state index contributed by atoms with van der Waals surface area (Å²) in [5.41, 5.74) is 8.59. The molecule has 2 unspecified atom stereocenters. The van der Waals surface area contributed by atoms with E-state index in [9.17, 15) is 14.7 Å². The molecule has 2 atom stereocenters. The van der Waals surface area contributed by atoms with Crippen molar-refractivity contribution in [2.24, 2.45) is 16.8 Å². The van der Waals surface area contributed by atoms with Gasteiger partial charge in [0.15, 0.2) is 5.78 Å². The molecule has 4 rings (SSSR count). The highest BCUT2D eigenvalue weighted by Gasteiger charge is 2.47. The number of hydrogen-bond acceptors (Lipinski definition) is 6. The molecule has 2 aromatic rings. The van der Waals surface area contributed by atoms with Crippen LogP contribution in [0.1, 0.15) is 39.9 Å². The highest BCUT2D eigenvalue weighted by Crippen LogP contribution is 2.41. The fraction of sp³-hybridized carbons (Fsp3) is 0.375. The molecule has 3 N–H and O–H groups in total. The molecule has 1 aliphatic carbocycles. The highest BCUT2D eigenvalue weighted by molar-refractivity contribution is 7.99. The number of nitrogens with two attached hydrogens (primary N) is 1. The second kappa shape index (κ2) is 9.24. The van der Waals surface area contributed by atoms with E-state index in [4.69, 9.17) is 5.73 Å². The molecule has 162 valence electrons. The summed E-state index contributed by atoms with van der Waals surface area (Å²) in [7, 11) is 0. The van der Waals surface area contributed by atoms with E-state index in [2.05, 4.69) is 10.1 Å². The third-order valence-electron chi connectivity index (χ3n) is 6.20. The van der Waals surface area contributed by atoms with Gasteiger partial charge in [0, 0.05) is 30.2 Å². The van der Waals surface area contributed by atoms with Gasteiger partial charge in [-0.15, -0.1) is 0 Å². The first kappa shape index (κ1) is 21.6. The van der Waals surface area contributed by atoms with Crippen molar-refractivity contribution in [2.75, 3.05) is 24.6 Å². The van der Waals surface area contributed by atoms with Gasteiger partial charge in [-0.25, -0.2) is 0 Å². The van der Waals surface area contributed by atoms with Crippen LogP contribution in [0.3, 0.4) is 0 Å². The summed E-state index contributed by atoms with van der Waals surface area (Å²) in [6.07, 6.45) is 2.98. The number of rotatable bonds is 6. The molecule has 2 aliphatic rings. The number of fused-ring (bicyclic) bond motifs is 1. The lowest BCUT2D eigenvalue weighted by Crippen LogP contribution is -2.54. The maximum absolute atomic E-state index is 13.6. The number of hydrazone groups is 1. The number of hydrogen-bond donors (Lipinski definition) is 2. The number of ketones is 1. The number of Topliss-reactive ketones (excluding diaryl/α,β-unsaturated/α-hetero) is 1. The Hall–Kier alpha value is -2.64. The summed E-state index contributed by atoms with van der Waals surface area (Å²) in [6, 6.07) is 14.9. The molecule has 1 fully saturated rings. The van der Waals surface area contributed by atoms with Gasteiger partial charge in [-0.2, -0.15) is 16.9 Å². The third kappa shape index (κ3) is 4.52. The van der Waals surface area contributed by atoms with Crippen molar-refractivity contribution in [1.82, 2.24) is 5.01 Å². The summed E-state index contributed by atoms with van der Waals surface area (Å²) in [6.45, 7) is 1.88. The SMILES string of the molecule is NC1(C(=O)c2ccc(C=NN3CCSCC3)cc2)c2ccccc2CCC1CC(=O)O.